The predicted molar refractivity (Wildman–Crippen MR) is 305 cm³/mol. The smallest absolute Gasteiger partial charge is 0.349 e. The highest BCUT2D eigenvalue weighted by molar-refractivity contribution is 6.81. The van der Waals surface area contributed by atoms with Gasteiger partial charge in [-0.15, -0.1) is 6.58 Å². The minimum absolute atomic E-state index is 0.273. The van der Waals surface area contributed by atoms with Crippen molar-refractivity contribution in [2.24, 2.45) is 0 Å². The summed E-state index contributed by atoms with van der Waals surface area (Å²) in [6, 6.07) is 0. The second-order valence-electron chi connectivity index (χ2n) is 20.4. The van der Waals surface area contributed by atoms with Gasteiger partial charge in [0.25, 0.3) is 0 Å². The molecule has 428 valence electrons. The molecule has 12 nitrogen and oxygen atoms in total. The van der Waals surface area contributed by atoms with Crippen LogP contribution in [0, 0.1) is 0 Å². The molecule has 0 N–H and O–H groups in total. The number of unbranched alkanes of at least 4 members (excludes halogenated alkanes) is 14. The van der Waals surface area contributed by atoms with Gasteiger partial charge >= 0.3 is 35.9 Å². The molecule has 0 aliphatic heterocycles. The first-order valence-electron chi connectivity index (χ1n) is 29.4. The van der Waals surface area contributed by atoms with Crippen LogP contribution in [-0.4, -0.2) is 90.9 Å². The molecule has 0 aromatic carbocycles. The lowest BCUT2D eigenvalue weighted by molar-refractivity contribution is -0.103. The molecule has 0 fully saturated rings. The van der Waals surface area contributed by atoms with E-state index in [4.69, 9.17) is 52.2 Å². The fraction of sp³-hybridized carbons (Fsp3) is 0.964. The zero-order valence-electron chi connectivity index (χ0n) is 50.4. The van der Waals surface area contributed by atoms with Gasteiger partial charge in [0.1, 0.15) is 0 Å². The van der Waals surface area contributed by atoms with Crippen LogP contribution in [0.1, 0.15) is 286 Å². The van der Waals surface area contributed by atoms with Crippen LogP contribution in [0.25, 0.3) is 0 Å². The van der Waals surface area contributed by atoms with Crippen LogP contribution in [0.3, 0.4) is 0 Å². The van der Waals surface area contributed by atoms with Crippen LogP contribution in [0.15, 0.2) is 12.7 Å². The van der Waals surface area contributed by atoms with E-state index >= 15 is 0 Å². The van der Waals surface area contributed by atoms with Crippen molar-refractivity contribution in [3.05, 3.63) is 12.7 Å². The maximum atomic E-state index is 7.30. The zero-order valence-corrected chi connectivity index (χ0v) is 54.4. The summed E-state index contributed by atoms with van der Waals surface area (Å²) in [7, 11) is -16.8. The molecule has 0 bridgehead atoms. The van der Waals surface area contributed by atoms with Gasteiger partial charge in [-0.1, -0.05) is 159 Å². The fourth-order valence-corrected chi connectivity index (χ4v) is 21.9. The highest BCUT2D eigenvalue weighted by Crippen LogP contribution is 2.36. The summed E-state index contributed by atoms with van der Waals surface area (Å²) in [4.78, 5) is 0. The van der Waals surface area contributed by atoms with Crippen molar-refractivity contribution in [3.63, 3.8) is 0 Å². The van der Waals surface area contributed by atoms with Crippen LogP contribution in [-0.2, 0) is 52.2 Å². The zero-order chi connectivity index (χ0) is 54.4. The first kappa shape index (κ1) is 73.2. The Kier molecular flexibility index (Phi) is 44.5. The molecule has 0 aliphatic rings. The van der Waals surface area contributed by atoms with Gasteiger partial charge in [-0.25, -0.2) is 0 Å². The molecule has 0 saturated carbocycles. The highest BCUT2D eigenvalue weighted by Gasteiger charge is 2.67. The summed E-state index contributed by atoms with van der Waals surface area (Å²) in [6.07, 6.45) is 27.2. The Morgan fingerprint density at radius 1 is 0.296 bits per heavy atom. The van der Waals surface area contributed by atoms with E-state index in [1.54, 1.807) is 6.55 Å². The molecule has 0 heterocycles. The van der Waals surface area contributed by atoms with E-state index in [1.165, 1.54) is 96.3 Å². The number of rotatable bonds is 48. The van der Waals surface area contributed by atoms with Crippen molar-refractivity contribution >= 4 is 35.9 Å². The Morgan fingerprint density at radius 3 is 0.620 bits per heavy atom. The monoisotopic (exact) mass is 1080 g/mol. The maximum Gasteiger partial charge on any atom is 0.672 e. The average molecular weight is 1090 g/mol. The Bertz CT molecular complexity index is 1020. The van der Waals surface area contributed by atoms with Gasteiger partial charge in [-0.05, 0) is 133 Å². The second kappa shape index (κ2) is 43.1. The molecule has 0 aromatic heterocycles. The Balaban J connectivity index is 0. The van der Waals surface area contributed by atoms with Crippen molar-refractivity contribution in [2.75, 3.05) is 0 Å². The summed E-state index contributed by atoms with van der Waals surface area (Å²) >= 11 is 0. The third kappa shape index (κ3) is 35.2. The van der Waals surface area contributed by atoms with Crippen LogP contribution in [0.5, 0.6) is 0 Å². The number of allylic oxidation sites excluding steroid dienone is 1. The minimum Gasteiger partial charge on any atom is -0.349 e. The summed E-state index contributed by atoms with van der Waals surface area (Å²) < 4.78 is 83.1. The van der Waals surface area contributed by atoms with E-state index in [9.17, 15) is 0 Å². The third-order valence-corrected chi connectivity index (χ3v) is 26.6. The van der Waals surface area contributed by atoms with E-state index in [0.29, 0.717) is 57.8 Å². The van der Waals surface area contributed by atoms with Gasteiger partial charge in [0.05, 0.1) is 0 Å². The summed E-state index contributed by atoms with van der Waals surface area (Å²) in [6.45, 7) is 44.2. The number of hydrogen-bond donors (Lipinski definition) is 0. The normalized spacial score (nSPS) is 19.3. The molecule has 9 atom stereocenters. The SMILES string of the molecule is C=CCCCCCCCCCCCCCCCC.CCC(C)O[Si](OC(C)CC)(OC(C)CC)O[Si](C)(O[Si](OC(C)CC)(OC(C)CC)OC(C)CC)O[Si](OC(C)CC)(OC(C)CC)OC(C)CC. The second-order valence-corrected chi connectivity index (χ2v) is 29.7. The number of hydrogen-bond acceptors (Lipinski definition) is 12. The van der Waals surface area contributed by atoms with Crippen LogP contribution in [0.4, 0.5) is 0 Å². The molecule has 0 radical (unpaired) electrons. The van der Waals surface area contributed by atoms with Crippen LogP contribution >= 0.6 is 0 Å². The van der Waals surface area contributed by atoms with Crippen molar-refractivity contribution < 1.29 is 52.2 Å². The highest BCUT2D eigenvalue weighted by atomic mass is 28.5. The summed E-state index contributed by atoms with van der Waals surface area (Å²) in [5.74, 6) is 0. The molecule has 0 saturated heterocycles. The van der Waals surface area contributed by atoms with E-state index < -0.39 is 35.9 Å². The average Bonchev–Trinajstić information content (AvgIpc) is 3.33. The Hall–Kier alpha value is 0.128. The molecule has 71 heavy (non-hydrogen) atoms. The topological polar surface area (TPSA) is 111 Å². The van der Waals surface area contributed by atoms with Crippen molar-refractivity contribution in [3.8, 4) is 0 Å². The molecular weight excluding hydrogens is 965 g/mol. The Labute approximate surface area is 445 Å². The van der Waals surface area contributed by atoms with E-state index in [1.807, 2.05) is 68.4 Å². The molecule has 0 spiro atoms. The van der Waals surface area contributed by atoms with Crippen molar-refractivity contribution in [1.82, 2.24) is 0 Å². The van der Waals surface area contributed by atoms with Gasteiger partial charge in [-0.2, -0.15) is 0 Å². The van der Waals surface area contributed by atoms with Gasteiger partial charge in [-0.3, -0.25) is 0 Å². The van der Waals surface area contributed by atoms with Crippen molar-refractivity contribution in [2.45, 2.75) is 347 Å². The first-order valence-corrected chi connectivity index (χ1v) is 36.6. The van der Waals surface area contributed by atoms with Crippen LogP contribution < -0.4 is 0 Å². The van der Waals surface area contributed by atoms with Gasteiger partial charge in [0, 0.05) is 61.5 Å². The molecule has 0 amide bonds. The minimum atomic E-state index is -4.31. The largest absolute Gasteiger partial charge is 0.672 e. The predicted octanol–water partition coefficient (Wildman–Crippen LogP) is 17.3. The Morgan fingerprint density at radius 2 is 0.465 bits per heavy atom. The molecule has 16 heteroatoms. The van der Waals surface area contributed by atoms with Crippen molar-refractivity contribution in [1.29, 1.82) is 0 Å². The lowest BCUT2D eigenvalue weighted by Crippen LogP contribution is -2.71. The quantitative estimate of drug-likeness (QED) is 0.0329. The van der Waals surface area contributed by atoms with Gasteiger partial charge < -0.3 is 52.2 Å². The summed E-state index contributed by atoms with van der Waals surface area (Å²) in [5, 5.41) is 0. The first-order chi connectivity index (χ1) is 33.6. The molecule has 0 aliphatic carbocycles. The summed E-state index contributed by atoms with van der Waals surface area (Å²) in [5.41, 5.74) is 0. The lowest BCUT2D eigenvalue weighted by atomic mass is 10.0. The molecule has 0 aromatic rings. The van der Waals surface area contributed by atoms with Crippen LogP contribution in [0.2, 0.25) is 6.55 Å². The van der Waals surface area contributed by atoms with E-state index in [-0.39, 0.29) is 54.9 Å². The standard InChI is InChI=1S/C37H84O12Si4.C18H36/c1-20-29(10)38-51(39-30(11)21-2,40-31(12)22-3)47-50(19,48-52(41-32(13)23-4,42-33(14)24-5)43-34(15)25-6)49-53(44-35(16)26-7,45-36(17)27-8)46-37(18)28-9;1-3-5-7-9-11-13-15-17-18-16-14-12-10-8-6-4-2/h29-37H,20-28H2,1-19H3;3H,1,4-18H2,2H3. The van der Waals surface area contributed by atoms with Gasteiger partial charge in [0.2, 0.25) is 0 Å². The van der Waals surface area contributed by atoms with E-state index in [2.05, 4.69) is 75.8 Å². The van der Waals surface area contributed by atoms with E-state index in [0.717, 1.165) is 0 Å². The lowest BCUT2D eigenvalue weighted by Gasteiger charge is -2.45. The molecule has 9 unspecified atom stereocenters. The fourth-order valence-electron chi connectivity index (χ4n) is 6.66. The third-order valence-electron chi connectivity index (χ3n) is 13.0. The maximum absolute atomic E-state index is 7.30. The molecule has 0 rings (SSSR count). The molecular formula is C55H120O12Si4. The van der Waals surface area contributed by atoms with Gasteiger partial charge in [0.15, 0.2) is 0 Å².